The normalized spacial score (nSPS) is 13.0. The molecule has 1 aromatic rings. The summed E-state index contributed by atoms with van der Waals surface area (Å²) in [5.41, 5.74) is 0.376. The molecule has 1 aromatic carbocycles. The highest BCUT2D eigenvalue weighted by atomic mass is 16.5. The molecule has 7 nitrogen and oxygen atoms in total. The maximum Gasteiger partial charge on any atom is 0.252 e. The van der Waals surface area contributed by atoms with Crippen LogP contribution in [0.4, 0.5) is 0 Å². The van der Waals surface area contributed by atoms with Crippen LogP contribution in [0.1, 0.15) is 38.1 Å². The zero-order valence-corrected chi connectivity index (χ0v) is 16.5. The van der Waals surface area contributed by atoms with Gasteiger partial charge >= 0.3 is 0 Å². The number of nitrogens with one attached hydrogen (secondary N) is 3. The maximum absolute atomic E-state index is 12.6. The number of hydrogen-bond donors (Lipinski definition) is 3. The molecule has 0 fully saturated rings. The van der Waals surface area contributed by atoms with Crippen molar-refractivity contribution in [1.82, 2.24) is 16.0 Å². The summed E-state index contributed by atoms with van der Waals surface area (Å²) < 4.78 is 10.4. The summed E-state index contributed by atoms with van der Waals surface area (Å²) in [5.74, 6) is 0.420. The Kier molecular flexibility index (Phi) is 8.92. The van der Waals surface area contributed by atoms with E-state index in [9.17, 15) is 9.59 Å². The van der Waals surface area contributed by atoms with Gasteiger partial charge in [-0.15, -0.1) is 0 Å². The van der Waals surface area contributed by atoms with E-state index in [-0.39, 0.29) is 23.8 Å². The van der Waals surface area contributed by atoms with Gasteiger partial charge in [0.25, 0.3) is 5.91 Å². The Labute approximate surface area is 155 Å². The first-order valence-electron chi connectivity index (χ1n) is 8.87. The average molecular weight is 365 g/mol. The van der Waals surface area contributed by atoms with Gasteiger partial charge in [0.05, 0.1) is 14.2 Å². The molecule has 0 saturated heterocycles. The van der Waals surface area contributed by atoms with E-state index >= 15 is 0 Å². The molecule has 1 rings (SSSR count). The summed E-state index contributed by atoms with van der Waals surface area (Å²) in [5, 5.41) is 8.92. The minimum absolute atomic E-state index is 0.0547. The Morgan fingerprint density at radius 1 is 1.04 bits per heavy atom. The number of carbonyl (C=O) groups is 2. The molecule has 0 aromatic heterocycles. The zero-order chi connectivity index (χ0) is 19.7. The molecular weight excluding hydrogens is 334 g/mol. The number of methoxy groups -OCH3 is 2. The van der Waals surface area contributed by atoms with Crippen molar-refractivity contribution in [3.05, 3.63) is 23.8 Å². The second-order valence-corrected chi connectivity index (χ2v) is 6.50. The Bertz CT molecular complexity index is 582. The van der Waals surface area contributed by atoms with Crippen LogP contribution in [0.5, 0.6) is 11.5 Å². The third-order valence-electron chi connectivity index (χ3n) is 3.98. The summed E-state index contributed by atoms with van der Waals surface area (Å²) in [4.78, 5) is 25.1. The van der Waals surface area contributed by atoms with Gasteiger partial charge in [0.1, 0.15) is 17.5 Å². The number of carbonyl (C=O) groups excluding carboxylic acids is 2. The summed E-state index contributed by atoms with van der Waals surface area (Å²) in [6.45, 7) is 9.12. The van der Waals surface area contributed by atoms with Crippen LogP contribution in [0.15, 0.2) is 18.2 Å². The quantitative estimate of drug-likeness (QED) is 0.586. The summed E-state index contributed by atoms with van der Waals surface area (Å²) in [6.07, 6.45) is 0. The number of amides is 2. The standard InChI is InChI=1S/C19H31N3O4/c1-7-20-13(4)11-21-19(24)17(12(2)3)22-18(23)14-8-15(25-5)10-16(9-14)26-6/h8-10,12-13,17,20H,7,11H2,1-6H3,(H,21,24)(H,22,23)/t13-,17?/m1/s1. The minimum Gasteiger partial charge on any atom is -0.497 e. The monoisotopic (exact) mass is 365 g/mol. The van der Waals surface area contributed by atoms with Crippen molar-refractivity contribution in [2.45, 2.75) is 39.8 Å². The highest BCUT2D eigenvalue weighted by Crippen LogP contribution is 2.22. The molecule has 0 aliphatic rings. The fourth-order valence-electron chi connectivity index (χ4n) is 2.48. The molecule has 1 unspecified atom stereocenters. The molecule has 0 heterocycles. The predicted octanol–water partition coefficient (Wildman–Crippen LogP) is 1.57. The highest BCUT2D eigenvalue weighted by Gasteiger charge is 2.25. The van der Waals surface area contributed by atoms with Crippen molar-refractivity contribution >= 4 is 11.8 Å². The molecule has 0 aliphatic carbocycles. The number of ether oxygens (including phenoxy) is 2. The Hall–Kier alpha value is -2.28. The van der Waals surface area contributed by atoms with Crippen molar-refractivity contribution in [2.24, 2.45) is 5.92 Å². The lowest BCUT2D eigenvalue weighted by Gasteiger charge is -2.23. The van der Waals surface area contributed by atoms with Crippen LogP contribution in [-0.4, -0.2) is 51.2 Å². The molecule has 146 valence electrons. The molecule has 2 amide bonds. The van der Waals surface area contributed by atoms with Crippen LogP contribution >= 0.6 is 0 Å². The predicted molar refractivity (Wildman–Crippen MR) is 102 cm³/mol. The second kappa shape index (κ2) is 10.7. The third-order valence-corrected chi connectivity index (χ3v) is 3.98. The lowest BCUT2D eigenvalue weighted by molar-refractivity contribution is -0.124. The van der Waals surface area contributed by atoms with Gasteiger partial charge in [0.15, 0.2) is 0 Å². The van der Waals surface area contributed by atoms with Crippen LogP contribution in [0.2, 0.25) is 0 Å². The molecule has 3 N–H and O–H groups in total. The van der Waals surface area contributed by atoms with Gasteiger partial charge in [0.2, 0.25) is 5.91 Å². The molecule has 26 heavy (non-hydrogen) atoms. The highest BCUT2D eigenvalue weighted by molar-refractivity contribution is 5.98. The van der Waals surface area contributed by atoms with E-state index in [4.69, 9.17) is 9.47 Å². The van der Waals surface area contributed by atoms with Gasteiger partial charge in [-0.05, 0) is 31.5 Å². The number of rotatable bonds is 10. The van der Waals surface area contributed by atoms with Crippen LogP contribution in [0, 0.1) is 5.92 Å². The van der Waals surface area contributed by atoms with E-state index in [2.05, 4.69) is 16.0 Å². The van der Waals surface area contributed by atoms with E-state index in [0.29, 0.717) is 23.6 Å². The van der Waals surface area contributed by atoms with Gasteiger partial charge in [-0.25, -0.2) is 0 Å². The summed E-state index contributed by atoms with van der Waals surface area (Å²) in [6, 6.07) is 4.44. The first kappa shape index (κ1) is 21.8. The zero-order valence-electron chi connectivity index (χ0n) is 16.5. The smallest absolute Gasteiger partial charge is 0.252 e. The second-order valence-electron chi connectivity index (χ2n) is 6.50. The Balaban J connectivity index is 2.83. The first-order valence-corrected chi connectivity index (χ1v) is 8.87. The van der Waals surface area contributed by atoms with Gasteiger partial charge in [-0.3, -0.25) is 9.59 Å². The largest absolute Gasteiger partial charge is 0.497 e. The molecule has 0 bridgehead atoms. The van der Waals surface area contributed by atoms with Crippen LogP contribution < -0.4 is 25.4 Å². The van der Waals surface area contributed by atoms with Crippen molar-refractivity contribution in [3.63, 3.8) is 0 Å². The maximum atomic E-state index is 12.6. The molecule has 0 aliphatic heterocycles. The SMILES string of the molecule is CCN[C@H](C)CNC(=O)C(NC(=O)c1cc(OC)cc(OC)c1)C(C)C. The first-order chi connectivity index (χ1) is 12.3. The number of benzene rings is 1. The van der Waals surface area contributed by atoms with Crippen molar-refractivity contribution < 1.29 is 19.1 Å². The van der Waals surface area contributed by atoms with E-state index in [1.54, 1.807) is 18.2 Å². The van der Waals surface area contributed by atoms with E-state index < -0.39 is 6.04 Å². The van der Waals surface area contributed by atoms with Crippen molar-refractivity contribution in [1.29, 1.82) is 0 Å². The van der Waals surface area contributed by atoms with Crippen molar-refractivity contribution in [3.8, 4) is 11.5 Å². The van der Waals surface area contributed by atoms with Crippen LogP contribution in [-0.2, 0) is 4.79 Å². The van der Waals surface area contributed by atoms with Gasteiger partial charge < -0.3 is 25.4 Å². The number of likely N-dealkylation sites (N-methyl/N-ethyl adjacent to an activating group) is 1. The third kappa shape index (κ3) is 6.55. The van der Waals surface area contributed by atoms with E-state index in [1.807, 2.05) is 27.7 Å². The average Bonchev–Trinajstić information content (AvgIpc) is 2.63. The fraction of sp³-hybridized carbons (Fsp3) is 0.579. The topological polar surface area (TPSA) is 88.7 Å². The molecular formula is C19H31N3O4. The van der Waals surface area contributed by atoms with E-state index in [1.165, 1.54) is 14.2 Å². The van der Waals surface area contributed by atoms with Gasteiger partial charge in [-0.2, -0.15) is 0 Å². The van der Waals surface area contributed by atoms with Gasteiger partial charge in [0, 0.05) is 24.2 Å². The summed E-state index contributed by atoms with van der Waals surface area (Å²) in [7, 11) is 3.04. The van der Waals surface area contributed by atoms with Crippen LogP contribution in [0.25, 0.3) is 0 Å². The molecule has 0 spiro atoms. The van der Waals surface area contributed by atoms with Gasteiger partial charge in [-0.1, -0.05) is 20.8 Å². The number of hydrogen-bond acceptors (Lipinski definition) is 5. The molecule has 0 saturated carbocycles. The molecule has 7 heteroatoms. The van der Waals surface area contributed by atoms with Crippen molar-refractivity contribution in [2.75, 3.05) is 27.3 Å². The lowest BCUT2D eigenvalue weighted by atomic mass is 10.0. The lowest BCUT2D eigenvalue weighted by Crippen LogP contribution is -2.51. The van der Waals surface area contributed by atoms with E-state index in [0.717, 1.165) is 6.54 Å². The molecule has 2 atom stereocenters. The van der Waals surface area contributed by atoms with Crippen LogP contribution in [0.3, 0.4) is 0 Å². The fourth-order valence-corrected chi connectivity index (χ4v) is 2.48. The Morgan fingerprint density at radius 2 is 1.62 bits per heavy atom. The molecule has 0 radical (unpaired) electrons. The Morgan fingerprint density at radius 3 is 2.08 bits per heavy atom. The minimum atomic E-state index is -0.631. The summed E-state index contributed by atoms with van der Waals surface area (Å²) >= 11 is 0.